The minimum absolute atomic E-state index is 0.628. The van der Waals surface area contributed by atoms with E-state index in [0.717, 1.165) is 0 Å². The Morgan fingerprint density at radius 1 is 0.486 bits per heavy atom. The third kappa shape index (κ3) is 3.59. The number of rotatable bonds is 4. The fourth-order valence-electron chi connectivity index (χ4n) is 7.44. The molecule has 1 aliphatic heterocycles. The van der Waals surface area contributed by atoms with Crippen molar-refractivity contribution in [3.8, 4) is 0 Å². The normalized spacial score (nSPS) is 21.1. The zero-order valence-electron chi connectivity index (χ0n) is 20.0. The first-order chi connectivity index (χ1) is 17.3. The van der Waals surface area contributed by atoms with Crippen molar-refractivity contribution >= 4 is 12.2 Å². The van der Waals surface area contributed by atoms with Crippen molar-refractivity contribution in [2.24, 2.45) is 0 Å². The average Bonchev–Trinajstić information content (AvgIpc) is 3.44. The predicted octanol–water partition coefficient (Wildman–Crippen LogP) is 8.61. The van der Waals surface area contributed by atoms with Crippen LogP contribution in [0.2, 0.25) is 0 Å². The zero-order valence-corrected chi connectivity index (χ0v) is 22.5. The summed E-state index contributed by atoms with van der Waals surface area (Å²) in [4.78, 5) is 0. The van der Waals surface area contributed by atoms with Gasteiger partial charge in [0.2, 0.25) is 0 Å². The number of benzene rings is 4. The van der Waals surface area contributed by atoms with Gasteiger partial charge in [0.05, 0.1) is 0 Å². The summed E-state index contributed by atoms with van der Waals surface area (Å²) >= 11 is -3.21. The molecule has 1 heterocycles. The van der Waals surface area contributed by atoms with Crippen LogP contribution in [0, 0.1) is 0 Å². The summed E-state index contributed by atoms with van der Waals surface area (Å²) in [5.41, 5.74) is 12.7. The Morgan fingerprint density at radius 2 is 0.886 bits per heavy atom. The van der Waals surface area contributed by atoms with Crippen LogP contribution in [0.15, 0.2) is 120 Å². The summed E-state index contributed by atoms with van der Waals surface area (Å²) in [6.45, 7) is 0. The van der Waals surface area contributed by atoms with Crippen molar-refractivity contribution in [3.63, 3.8) is 0 Å². The molecule has 0 radical (unpaired) electrons. The van der Waals surface area contributed by atoms with E-state index in [9.17, 15) is 0 Å². The molecule has 0 bridgehead atoms. The van der Waals surface area contributed by atoms with Crippen molar-refractivity contribution < 1.29 is 20.3 Å². The summed E-state index contributed by atoms with van der Waals surface area (Å²) in [6.07, 6.45) is 7.57. The molecule has 2 atom stereocenters. The van der Waals surface area contributed by atoms with Crippen molar-refractivity contribution in [2.75, 3.05) is 0 Å². The second-order valence-electron chi connectivity index (χ2n) is 10.6. The first kappa shape index (κ1) is 21.5. The van der Waals surface area contributed by atoms with E-state index in [0.29, 0.717) is 7.25 Å². The van der Waals surface area contributed by atoms with Gasteiger partial charge in [-0.1, -0.05) is 0 Å². The van der Waals surface area contributed by atoms with Crippen LogP contribution in [0.4, 0.5) is 0 Å². The summed E-state index contributed by atoms with van der Waals surface area (Å²) in [5, 5.41) is 0. The molecule has 3 aliphatic rings. The van der Waals surface area contributed by atoms with Gasteiger partial charge in [-0.15, -0.1) is 0 Å². The van der Waals surface area contributed by atoms with E-state index < -0.39 is 20.3 Å². The first-order valence-electron chi connectivity index (χ1n) is 13.0. The Labute approximate surface area is 213 Å². The molecule has 0 spiro atoms. The molecule has 4 aromatic rings. The first-order valence-corrected chi connectivity index (χ1v) is 19.3. The topological polar surface area (TPSA) is 0 Å². The summed E-state index contributed by atoms with van der Waals surface area (Å²) in [6, 6.07) is 41.5. The van der Waals surface area contributed by atoms with Gasteiger partial charge in [0.1, 0.15) is 0 Å². The average molecular weight is 530 g/mol. The molecule has 1 fully saturated rings. The fourth-order valence-corrected chi connectivity index (χ4v) is 24.6. The molecule has 0 nitrogen and oxygen atoms in total. The van der Waals surface area contributed by atoms with Crippen LogP contribution in [-0.2, 0) is 28.5 Å². The van der Waals surface area contributed by atoms with Crippen molar-refractivity contribution in [1.82, 2.24) is 0 Å². The minimum atomic E-state index is -3.21. The second-order valence-corrected chi connectivity index (χ2v) is 21.3. The number of fused-ring (bicyclic) bond motifs is 6. The molecule has 0 amide bonds. The Hall–Kier alpha value is -2.76. The Kier molecular flexibility index (Phi) is 5.36. The maximum atomic E-state index is 2.58. The van der Waals surface area contributed by atoms with Gasteiger partial charge >= 0.3 is 214 Å². The van der Waals surface area contributed by atoms with Crippen LogP contribution in [-0.4, -0.2) is 0 Å². The molecule has 0 saturated carbocycles. The van der Waals surface area contributed by atoms with Crippen LogP contribution in [0.5, 0.6) is 0 Å². The van der Waals surface area contributed by atoms with E-state index in [4.69, 9.17) is 0 Å². The summed E-state index contributed by atoms with van der Waals surface area (Å²) in [7, 11) is 0. The third-order valence-corrected chi connectivity index (χ3v) is 22.9. The van der Waals surface area contributed by atoms with Gasteiger partial charge in [-0.25, -0.2) is 0 Å². The second kappa shape index (κ2) is 8.72. The van der Waals surface area contributed by atoms with E-state index in [-0.39, 0.29) is 0 Å². The van der Waals surface area contributed by atoms with Gasteiger partial charge in [-0.2, -0.15) is 0 Å². The van der Waals surface area contributed by atoms with Gasteiger partial charge < -0.3 is 0 Å². The van der Waals surface area contributed by atoms with Crippen molar-refractivity contribution in [2.45, 2.75) is 28.4 Å². The molecule has 1 heteroatoms. The molecule has 2 unspecified atom stereocenters. The van der Waals surface area contributed by atoms with Crippen LogP contribution in [0.1, 0.15) is 53.5 Å². The van der Waals surface area contributed by atoms with E-state index in [1.807, 2.05) is 0 Å². The zero-order chi connectivity index (χ0) is 23.2. The molecule has 1 saturated heterocycles. The molecule has 35 heavy (non-hydrogen) atoms. The van der Waals surface area contributed by atoms with Gasteiger partial charge in [0, 0.05) is 0 Å². The van der Waals surface area contributed by atoms with Gasteiger partial charge in [0.15, 0.2) is 0 Å². The van der Waals surface area contributed by atoms with E-state index in [2.05, 4.69) is 121 Å². The van der Waals surface area contributed by atoms with Gasteiger partial charge in [0.25, 0.3) is 0 Å². The molecular weight excluding hydrogens is 500 g/mol. The van der Waals surface area contributed by atoms with Gasteiger partial charge in [-0.3, -0.25) is 0 Å². The van der Waals surface area contributed by atoms with Crippen LogP contribution < -0.4 is 0 Å². The molecule has 7 rings (SSSR count). The van der Waals surface area contributed by atoms with Crippen LogP contribution >= 0.6 is 0 Å². The van der Waals surface area contributed by atoms with E-state index in [1.54, 1.807) is 22.3 Å². The van der Waals surface area contributed by atoms with Crippen molar-refractivity contribution in [1.29, 1.82) is 0 Å². The van der Waals surface area contributed by atoms with Gasteiger partial charge in [-0.05, 0) is 0 Å². The quantitative estimate of drug-likeness (QED) is 0.248. The van der Waals surface area contributed by atoms with E-state index >= 15 is 0 Å². The molecular formula is C34H30Zr. The summed E-state index contributed by atoms with van der Waals surface area (Å²) < 4.78 is 3.81. The Morgan fingerprint density at radius 3 is 1.34 bits per heavy atom. The van der Waals surface area contributed by atoms with Crippen molar-refractivity contribution in [3.05, 3.63) is 154 Å². The van der Waals surface area contributed by atoms with Crippen LogP contribution in [0.3, 0.4) is 0 Å². The van der Waals surface area contributed by atoms with E-state index in [1.165, 1.54) is 43.4 Å². The molecule has 0 N–H and O–H groups in total. The maximum absolute atomic E-state index is 3.21. The third-order valence-electron chi connectivity index (χ3n) is 8.64. The Bertz CT molecular complexity index is 1330. The number of allylic oxidation sites excluding steroid dienone is 2. The molecule has 0 aromatic heterocycles. The predicted molar refractivity (Wildman–Crippen MR) is 144 cm³/mol. The fraction of sp³-hybridized carbons (Fsp3) is 0.176. The molecule has 4 aromatic carbocycles. The molecule has 2 aliphatic carbocycles. The summed E-state index contributed by atoms with van der Waals surface area (Å²) in [5.74, 6) is 0. The SMILES string of the molecule is C1=C2CCC3=Cc4ccccc4[CH]3[Zr]([CH2]c3ccccc3)([CH2]c3ccccc3)[CH]2c2ccccc21. The monoisotopic (exact) mass is 528 g/mol. The standard InChI is InChI=1S/C20H16.2C7H7.Zr/c1-2-6-18-12-15(11-17(18)5-1)9-10-16-13-19-7-3-4-8-20(19)14-16;2*1-7-5-3-2-4-6-7;/h1-8,11-14H,9-10H2;2*2-6H,1H2;. The Balaban J connectivity index is 1.52. The number of hydrogen-bond acceptors (Lipinski definition) is 0. The van der Waals surface area contributed by atoms with Crippen LogP contribution in [0.25, 0.3) is 12.2 Å². The number of hydrogen-bond donors (Lipinski definition) is 0. The molecule has 170 valence electrons.